The maximum absolute atomic E-state index is 10.7. The van der Waals surface area contributed by atoms with E-state index in [-0.39, 0.29) is 5.54 Å². The van der Waals surface area contributed by atoms with Gasteiger partial charge in [0.1, 0.15) is 0 Å². The number of amides is 1. The van der Waals surface area contributed by atoms with Crippen LogP contribution < -0.4 is 11.1 Å². The summed E-state index contributed by atoms with van der Waals surface area (Å²) in [5, 5.41) is 2.97. The Morgan fingerprint density at radius 1 is 1.33 bits per heavy atom. The van der Waals surface area contributed by atoms with E-state index in [0.717, 1.165) is 43.3 Å². The van der Waals surface area contributed by atoms with Gasteiger partial charge in [0.15, 0.2) is 0 Å². The van der Waals surface area contributed by atoms with Gasteiger partial charge in [-0.25, -0.2) is 0 Å². The molecule has 0 radical (unpaired) electrons. The highest BCUT2D eigenvalue weighted by Gasteiger charge is 2.34. The number of carbonyl (C=O) groups excluding carboxylic acids is 1. The summed E-state index contributed by atoms with van der Waals surface area (Å²) >= 11 is 0. The summed E-state index contributed by atoms with van der Waals surface area (Å²) in [4.78, 5) is 10.7. The highest BCUT2D eigenvalue weighted by molar-refractivity contribution is 5.52. The number of nitrogens with two attached hydrogens (primary N) is 1. The van der Waals surface area contributed by atoms with Crippen molar-refractivity contribution in [1.29, 1.82) is 0 Å². The molecule has 3 N–H and O–H groups in total. The fraction of sp³-hybridized carbons (Fsp3) is 0.417. The van der Waals surface area contributed by atoms with Crippen LogP contribution in [0.15, 0.2) is 24.3 Å². The highest BCUT2D eigenvalue weighted by atomic mass is 16.1. The minimum atomic E-state index is -0.170. The lowest BCUT2D eigenvalue weighted by Gasteiger charge is -2.29. The Balaban J connectivity index is 2.35. The number of benzene rings is 1. The maximum Gasteiger partial charge on any atom is 0.207 e. The molecule has 1 fully saturated rings. The zero-order chi connectivity index (χ0) is 10.7. The number of carbonyl (C=O) groups is 1. The Morgan fingerprint density at radius 3 is 2.67 bits per heavy atom. The number of hydrogen-bond donors (Lipinski definition) is 2. The van der Waals surface area contributed by atoms with E-state index in [0.29, 0.717) is 0 Å². The van der Waals surface area contributed by atoms with Crippen molar-refractivity contribution < 1.29 is 4.79 Å². The first-order valence-corrected chi connectivity index (χ1v) is 5.34. The van der Waals surface area contributed by atoms with E-state index in [1.165, 1.54) is 0 Å². The molecule has 1 aliphatic rings. The first kappa shape index (κ1) is 10.0. The quantitative estimate of drug-likeness (QED) is 0.582. The van der Waals surface area contributed by atoms with E-state index >= 15 is 0 Å². The van der Waals surface area contributed by atoms with Gasteiger partial charge < -0.3 is 11.1 Å². The third kappa shape index (κ3) is 1.82. The van der Waals surface area contributed by atoms with Crippen molar-refractivity contribution in [3.8, 4) is 0 Å². The van der Waals surface area contributed by atoms with Crippen molar-refractivity contribution in [2.24, 2.45) is 0 Å². The first-order chi connectivity index (χ1) is 7.27. The van der Waals surface area contributed by atoms with Crippen LogP contribution in [-0.2, 0) is 10.3 Å². The number of nitrogen functional groups attached to an aromatic ring is 1. The van der Waals surface area contributed by atoms with Gasteiger partial charge in [-0.05, 0) is 30.5 Å². The zero-order valence-corrected chi connectivity index (χ0v) is 8.70. The zero-order valence-electron chi connectivity index (χ0n) is 8.70. The Labute approximate surface area is 89.7 Å². The Bertz CT molecular complexity index is 356. The predicted octanol–water partition coefficient (Wildman–Crippen LogP) is 1.78. The fourth-order valence-corrected chi connectivity index (χ4v) is 2.44. The topological polar surface area (TPSA) is 55.1 Å². The number of nitrogens with one attached hydrogen (secondary N) is 1. The van der Waals surface area contributed by atoms with Crippen molar-refractivity contribution in [1.82, 2.24) is 5.32 Å². The Hall–Kier alpha value is -1.51. The van der Waals surface area contributed by atoms with Gasteiger partial charge in [0, 0.05) is 5.69 Å². The molecule has 0 aromatic heterocycles. The number of hydrogen-bond acceptors (Lipinski definition) is 2. The predicted molar refractivity (Wildman–Crippen MR) is 60.2 cm³/mol. The second-order valence-electron chi connectivity index (χ2n) is 4.18. The SMILES string of the molecule is Nc1cccc(C2(NC=O)CCCC2)c1. The van der Waals surface area contributed by atoms with Crippen molar-refractivity contribution >= 4 is 12.1 Å². The van der Waals surface area contributed by atoms with Crippen LogP contribution >= 0.6 is 0 Å². The molecule has 1 saturated carbocycles. The molecule has 0 heterocycles. The van der Waals surface area contributed by atoms with Crippen molar-refractivity contribution in [3.05, 3.63) is 29.8 Å². The van der Waals surface area contributed by atoms with Crippen molar-refractivity contribution in [2.75, 3.05) is 5.73 Å². The molecular weight excluding hydrogens is 188 g/mol. The molecule has 0 bridgehead atoms. The van der Waals surface area contributed by atoms with Gasteiger partial charge in [-0.1, -0.05) is 25.0 Å². The standard InChI is InChI=1S/C12H16N2O/c13-11-5-3-4-10(8-11)12(14-9-15)6-1-2-7-12/h3-5,8-9H,1-2,6-7,13H2,(H,14,15). The van der Waals surface area contributed by atoms with Gasteiger partial charge in [0.25, 0.3) is 0 Å². The Morgan fingerprint density at radius 2 is 2.07 bits per heavy atom. The van der Waals surface area contributed by atoms with Gasteiger partial charge in [0.2, 0.25) is 6.41 Å². The Kier molecular flexibility index (Phi) is 2.62. The largest absolute Gasteiger partial charge is 0.399 e. The lowest BCUT2D eigenvalue weighted by atomic mass is 9.88. The van der Waals surface area contributed by atoms with Gasteiger partial charge >= 0.3 is 0 Å². The lowest BCUT2D eigenvalue weighted by molar-refractivity contribution is -0.111. The molecule has 0 unspecified atom stereocenters. The molecule has 3 nitrogen and oxygen atoms in total. The lowest BCUT2D eigenvalue weighted by Crippen LogP contribution is -2.38. The first-order valence-electron chi connectivity index (χ1n) is 5.34. The summed E-state index contributed by atoms with van der Waals surface area (Å²) in [6, 6.07) is 7.81. The maximum atomic E-state index is 10.7. The second-order valence-corrected chi connectivity index (χ2v) is 4.18. The number of rotatable bonds is 3. The van der Waals surface area contributed by atoms with Gasteiger partial charge in [0.05, 0.1) is 5.54 Å². The fourth-order valence-electron chi connectivity index (χ4n) is 2.44. The van der Waals surface area contributed by atoms with Gasteiger partial charge in [-0.3, -0.25) is 4.79 Å². The van der Waals surface area contributed by atoms with E-state index in [9.17, 15) is 4.79 Å². The molecule has 1 aliphatic carbocycles. The molecule has 0 atom stereocenters. The van der Waals surface area contributed by atoms with Crippen LogP contribution in [0.4, 0.5) is 5.69 Å². The normalized spacial score (nSPS) is 18.7. The average Bonchev–Trinajstić information content (AvgIpc) is 2.68. The summed E-state index contributed by atoms with van der Waals surface area (Å²) in [6.45, 7) is 0. The van der Waals surface area contributed by atoms with E-state index in [4.69, 9.17) is 5.73 Å². The average molecular weight is 204 g/mol. The molecule has 2 rings (SSSR count). The van der Waals surface area contributed by atoms with E-state index < -0.39 is 0 Å². The smallest absolute Gasteiger partial charge is 0.207 e. The molecule has 3 heteroatoms. The summed E-state index contributed by atoms with van der Waals surface area (Å²) in [5.41, 5.74) is 7.48. The highest BCUT2D eigenvalue weighted by Crippen LogP contribution is 2.38. The van der Waals surface area contributed by atoms with Crippen LogP contribution in [-0.4, -0.2) is 6.41 Å². The monoisotopic (exact) mass is 204 g/mol. The molecule has 15 heavy (non-hydrogen) atoms. The molecule has 0 aliphatic heterocycles. The minimum Gasteiger partial charge on any atom is -0.399 e. The summed E-state index contributed by atoms with van der Waals surface area (Å²) in [5.74, 6) is 0. The minimum absolute atomic E-state index is 0.170. The molecular formula is C12H16N2O. The summed E-state index contributed by atoms with van der Waals surface area (Å²) < 4.78 is 0. The second kappa shape index (κ2) is 3.93. The third-order valence-corrected chi connectivity index (χ3v) is 3.23. The third-order valence-electron chi connectivity index (χ3n) is 3.23. The van der Waals surface area contributed by atoms with Gasteiger partial charge in [-0.15, -0.1) is 0 Å². The molecule has 0 spiro atoms. The number of anilines is 1. The molecule has 0 saturated heterocycles. The van der Waals surface area contributed by atoms with Crippen molar-refractivity contribution in [3.63, 3.8) is 0 Å². The molecule has 1 aromatic rings. The van der Waals surface area contributed by atoms with Crippen LogP contribution in [0, 0.1) is 0 Å². The molecule has 1 amide bonds. The van der Waals surface area contributed by atoms with E-state index in [1.54, 1.807) is 0 Å². The van der Waals surface area contributed by atoms with Crippen LogP contribution in [0.25, 0.3) is 0 Å². The van der Waals surface area contributed by atoms with Crippen LogP contribution in [0.3, 0.4) is 0 Å². The van der Waals surface area contributed by atoms with Gasteiger partial charge in [-0.2, -0.15) is 0 Å². The van der Waals surface area contributed by atoms with Crippen LogP contribution in [0.1, 0.15) is 31.2 Å². The van der Waals surface area contributed by atoms with E-state index in [1.807, 2.05) is 24.3 Å². The molecule has 1 aromatic carbocycles. The van der Waals surface area contributed by atoms with E-state index in [2.05, 4.69) is 5.32 Å². The molecule has 80 valence electrons. The van der Waals surface area contributed by atoms with Crippen LogP contribution in [0.5, 0.6) is 0 Å². The van der Waals surface area contributed by atoms with Crippen LogP contribution in [0.2, 0.25) is 0 Å². The van der Waals surface area contributed by atoms with Crippen molar-refractivity contribution in [2.45, 2.75) is 31.2 Å². The summed E-state index contributed by atoms with van der Waals surface area (Å²) in [6.07, 6.45) is 5.14. The summed E-state index contributed by atoms with van der Waals surface area (Å²) in [7, 11) is 0.